The number of anilines is 1. The van der Waals surface area contributed by atoms with E-state index in [1.165, 1.54) is 16.7 Å². The first-order valence-corrected chi connectivity index (χ1v) is 8.42. The Morgan fingerprint density at radius 3 is 2.22 bits per heavy atom. The third-order valence-corrected chi connectivity index (χ3v) is 4.44. The first-order valence-electron chi connectivity index (χ1n) is 8.42. The van der Waals surface area contributed by atoms with Gasteiger partial charge in [-0.25, -0.2) is 0 Å². The second-order valence-electron chi connectivity index (χ2n) is 6.46. The summed E-state index contributed by atoms with van der Waals surface area (Å²) >= 11 is 0. The molecule has 0 fully saturated rings. The molecule has 0 aliphatic rings. The maximum atomic E-state index is 13.4. The van der Waals surface area contributed by atoms with E-state index < -0.39 is 11.7 Å². The van der Waals surface area contributed by atoms with Gasteiger partial charge in [0.05, 0.1) is 16.8 Å². The van der Waals surface area contributed by atoms with Gasteiger partial charge in [0.1, 0.15) is 0 Å². The van der Waals surface area contributed by atoms with Crippen LogP contribution in [0.3, 0.4) is 0 Å². The summed E-state index contributed by atoms with van der Waals surface area (Å²) in [4.78, 5) is 12.7. The van der Waals surface area contributed by atoms with Crippen molar-refractivity contribution < 1.29 is 18.0 Å². The highest BCUT2D eigenvalue weighted by Gasteiger charge is 2.34. The highest BCUT2D eigenvalue weighted by Crippen LogP contribution is 2.35. The summed E-state index contributed by atoms with van der Waals surface area (Å²) in [5.41, 5.74) is 2.31. The smallest absolute Gasteiger partial charge is 0.322 e. The fraction of sp³-hybridized carbons (Fsp3) is 0.190. The van der Waals surface area contributed by atoms with Crippen molar-refractivity contribution in [3.05, 3.63) is 82.7 Å². The average molecular weight is 372 g/mol. The minimum absolute atomic E-state index is 0.00869. The van der Waals surface area contributed by atoms with E-state index in [2.05, 4.69) is 5.32 Å². The van der Waals surface area contributed by atoms with Gasteiger partial charge in [-0.05, 0) is 51.1 Å². The lowest BCUT2D eigenvalue weighted by Crippen LogP contribution is -2.14. The molecular weight excluding hydrogens is 353 g/mol. The second-order valence-corrected chi connectivity index (χ2v) is 6.46. The van der Waals surface area contributed by atoms with E-state index in [9.17, 15) is 18.0 Å². The minimum atomic E-state index is -4.48. The Hall–Kier alpha value is -3.02. The van der Waals surface area contributed by atoms with Crippen molar-refractivity contribution >= 4 is 11.6 Å². The SMILES string of the molecule is Cc1ccc(NC(=O)c2cc(C)n(-c3ccccc3C(F)(F)F)c2C)cc1. The number of alkyl halides is 3. The van der Waals surface area contributed by atoms with E-state index in [0.717, 1.165) is 11.6 Å². The molecule has 140 valence electrons. The molecule has 3 rings (SSSR count). The quantitative estimate of drug-likeness (QED) is 0.631. The molecule has 0 unspecified atom stereocenters. The van der Waals surface area contributed by atoms with Crippen LogP contribution in [0.5, 0.6) is 0 Å². The number of hydrogen-bond acceptors (Lipinski definition) is 1. The van der Waals surface area contributed by atoms with E-state index >= 15 is 0 Å². The molecule has 1 amide bonds. The van der Waals surface area contributed by atoms with Gasteiger partial charge in [-0.3, -0.25) is 4.79 Å². The van der Waals surface area contributed by atoms with E-state index in [0.29, 0.717) is 22.6 Å². The van der Waals surface area contributed by atoms with Crippen molar-refractivity contribution in [1.82, 2.24) is 4.57 Å². The number of nitrogens with zero attached hydrogens (tertiary/aromatic N) is 1. The maximum Gasteiger partial charge on any atom is 0.418 e. The topological polar surface area (TPSA) is 34.0 Å². The van der Waals surface area contributed by atoms with Crippen LogP contribution < -0.4 is 5.32 Å². The molecule has 1 N–H and O–H groups in total. The molecule has 0 saturated carbocycles. The first kappa shape index (κ1) is 18.8. The fourth-order valence-electron chi connectivity index (χ4n) is 3.11. The zero-order valence-corrected chi connectivity index (χ0v) is 15.2. The highest BCUT2D eigenvalue weighted by atomic mass is 19.4. The second kappa shape index (κ2) is 6.95. The molecule has 3 nitrogen and oxygen atoms in total. The van der Waals surface area contributed by atoms with E-state index in [1.807, 2.05) is 19.1 Å². The number of nitrogens with one attached hydrogen (secondary N) is 1. The van der Waals surface area contributed by atoms with E-state index in [-0.39, 0.29) is 11.6 Å². The van der Waals surface area contributed by atoms with Gasteiger partial charge in [-0.2, -0.15) is 13.2 Å². The average Bonchev–Trinajstić information content (AvgIpc) is 2.90. The number of rotatable bonds is 3. The molecule has 0 aliphatic heterocycles. The molecule has 1 aromatic heterocycles. The van der Waals surface area contributed by atoms with Crippen molar-refractivity contribution in [2.75, 3.05) is 5.32 Å². The lowest BCUT2D eigenvalue weighted by Gasteiger charge is -2.16. The van der Waals surface area contributed by atoms with Gasteiger partial charge in [0.25, 0.3) is 5.91 Å². The number of benzene rings is 2. The summed E-state index contributed by atoms with van der Waals surface area (Å²) in [6.07, 6.45) is -4.48. The predicted molar refractivity (Wildman–Crippen MR) is 99.4 cm³/mol. The maximum absolute atomic E-state index is 13.4. The Morgan fingerprint density at radius 2 is 1.59 bits per heavy atom. The van der Waals surface area contributed by atoms with Crippen LogP contribution in [0.2, 0.25) is 0 Å². The summed E-state index contributed by atoms with van der Waals surface area (Å²) in [5.74, 6) is -0.359. The van der Waals surface area contributed by atoms with Crippen LogP contribution in [-0.2, 0) is 6.18 Å². The van der Waals surface area contributed by atoms with Crippen molar-refractivity contribution in [3.63, 3.8) is 0 Å². The number of para-hydroxylation sites is 1. The Bertz CT molecular complexity index is 986. The number of aryl methyl sites for hydroxylation is 2. The molecule has 0 spiro atoms. The molecule has 0 saturated heterocycles. The van der Waals surface area contributed by atoms with Gasteiger partial charge in [0.15, 0.2) is 0 Å². The Kier molecular flexibility index (Phi) is 4.83. The third kappa shape index (κ3) is 3.74. The van der Waals surface area contributed by atoms with E-state index in [4.69, 9.17) is 0 Å². The van der Waals surface area contributed by atoms with Crippen LogP contribution in [0, 0.1) is 20.8 Å². The summed E-state index contributed by atoms with van der Waals surface area (Å²) in [6.45, 7) is 5.27. The molecule has 0 aliphatic carbocycles. The molecule has 27 heavy (non-hydrogen) atoms. The lowest BCUT2D eigenvalue weighted by atomic mass is 10.1. The van der Waals surface area contributed by atoms with Gasteiger partial charge in [-0.15, -0.1) is 0 Å². The zero-order chi connectivity index (χ0) is 19.8. The zero-order valence-electron chi connectivity index (χ0n) is 15.2. The van der Waals surface area contributed by atoms with Gasteiger partial charge < -0.3 is 9.88 Å². The first-order chi connectivity index (χ1) is 12.7. The van der Waals surface area contributed by atoms with Gasteiger partial charge in [0.2, 0.25) is 0 Å². The molecule has 2 aromatic carbocycles. The van der Waals surface area contributed by atoms with Crippen molar-refractivity contribution in [2.45, 2.75) is 26.9 Å². The summed E-state index contributed by atoms with van der Waals surface area (Å²) in [5, 5.41) is 2.79. The number of carbonyl (C=O) groups is 1. The summed E-state index contributed by atoms with van der Waals surface area (Å²) in [6, 6.07) is 14.3. The number of carbonyl (C=O) groups excluding carboxylic acids is 1. The van der Waals surface area contributed by atoms with Gasteiger partial charge >= 0.3 is 6.18 Å². The van der Waals surface area contributed by atoms with Crippen LogP contribution in [0.1, 0.15) is 32.9 Å². The Labute approximate surface area is 155 Å². The highest BCUT2D eigenvalue weighted by molar-refractivity contribution is 6.05. The summed E-state index contributed by atoms with van der Waals surface area (Å²) < 4.78 is 41.6. The van der Waals surface area contributed by atoms with Crippen LogP contribution in [0.4, 0.5) is 18.9 Å². The molecule has 0 radical (unpaired) electrons. The standard InChI is InChI=1S/C21H19F3N2O/c1-13-8-10-16(11-9-13)25-20(27)17-12-14(2)26(15(17)3)19-7-5-4-6-18(19)21(22,23)24/h4-12H,1-3H3,(H,25,27). The fourth-order valence-corrected chi connectivity index (χ4v) is 3.11. The van der Waals surface area contributed by atoms with Gasteiger partial charge in [-0.1, -0.05) is 29.8 Å². The summed E-state index contributed by atoms with van der Waals surface area (Å²) in [7, 11) is 0. The molecule has 6 heteroatoms. The molecular formula is C21H19F3N2O. The number of halogens is 3. The normalized spacial score (nSPS) is 11.5. The third-order valence-electron chi connectivity index (χ3n) is 4.44. The van der Waals surface area contributed by atoms with Crippen molar-refractivity contribution in [3.8, 4) is 5.69 Å². The largest absolute Gasteiger partial charge is 0.418 e. The lowest BCUT2D eigenvalue weighted by molar-refractivity contribution is -0.137. The Balaban J connectivity index is 2.01. The molecule has 1 heterocycles. The number of hydrogen-bond donors (Lipinski definition) is 1. The molecule has 0 bridgehead atoms. The number of aromatic nitrogens is 1. The van der Waals surface area contributed by atoms with Crippen LogP contribution in [-0.4, -0.2) is 10.5 Å². The van der Waals surface area contributed by atoms with Crippen LogP contribution in [0.15, 0.2) is 54.6 Å². The Morgan fingerprint density at radius 1 is 0.963 bits per heavy atom. The van der Waals surface area contributed by atoms with Gasteiger partial charge in [0, 0.05) is 17.1 Å². The monoisotopic (exact) mass is 372 g/mol. The van der Waals surface area contributed by atoms with Crippen molar-refractivity contribution in [2.24, 2.45) is 0 Å². The molecule has 0 atom stereocenters. The van der Waals surface area contributed by atoms with Crippen LogP contribution >= 0.6 is 0 Å². The predicted octanol–water partition coefficient (Wildman–Crippen LogP) is 5.67. The molecule has 3 aromatic rings. The van der Waals surface area contributed by atoms with Crippen LogP contribution in [0.25, 0.3) is 5.69 Å². The van der Waals surface area contributed by atoms with E-state index in [1.54, 1.807) is 38.1 Å². The minimum Gasteiger partial charge on any atom is -0.322 e. The number of amides is 1. The van der Waals surface area contributed by atoms with Crippen molar-refractivity contribution in [1.29, 1.82) is 0 Å².